The van der Waals surface area contributed by atoms with E-state index < -0.39 is 16.1 Å². The van der Waals surface area contributed by atoms with Gasteiger partial charge in [0.05, 0.1) is 0 Å². The lowest BCUT2D eigenvalue weighted by molar-refractivity contribution is 0.248. The summed E-state index contributed by atoms with van der Waals surface area (Å²) in [5.41, 5.74) is 0. The lowest BCUT2D eigenvalue weighted by Gasteiger charge is -2.02. The topological polar surface area (TPSA) is 75.3 Å². The molecule has 2 N–H and O–H groups in total. The molecule has 7 heteroatoms. The van der Waals surface area contributed by atoms with E-state index >= 15 is 0 Å². The van der Waals surface area contributed by atoms with Crippen LogP contribution in [0.2, 0.25) is 0 Å². The zero-order valence-electron chi connectivity index (χ0n) is 6.77. The quantitative estimate of drug-likeness (QED) is 0.756. The van der Waals surface area contributed by atoms with Crippen LogP contribution in [0.3, 0.4) is 0 Å². The number of urea groups is 1. The van der Waals surface area contributed by atoms with Crippen molar-refractivity contribution in [2.45, 2.75) is 4.21 Å². The molecule has 2 amide bonds. The van der Waals surface area contributed by atoms with E-state index in [0.29, 0.717) is 0 Å². The van der Waals surface area contributed by atoms with Gasteiger partial charge in [0.1, 0.15) is 4.21 Å². The number of rotatable bonds is 2. The molecule has 0 aliphatic rings. The monoisotopic (exact) mass is 220 g/mol. The summed E-state index contributed by atoms with van der Waals surface area (Å²) in [5.74, 6) is 0. The van der Waals surface area contributed by atoms with Crippen molar-refractivity contribution in [2.24, 2.45) is 0 Å². The average Bonchev–Trinajstić information content (AvgIpc) is 2.55. The van der Waals surface area contributed by atoms with Gasteiger partial charge in [-0.3, -0.25) is 0 Å². The third-order valence-electron chi connectivity index (χ3n) is 1.21. The molecule has 0 aromatic carbocycles. The molecule has 0 saturated heterocycles. The van der Waals surface area contributed by atoms with Crippen molar-refractivity contribution in [3.8, 4) is 0 Å². The van der Waals surface area contributed by atoms with E-state index in [1.54, 1.807) is 11.4 Å². The number of amides is 2. The van der Waals surface area contributed by atoms with Gasteiger partial charge in [-0.25, -0.2) is 17.9 Å². The molecule has 0 aliphatic carbocycles. The van der Waals surface area contributed by atoms with Gasteiger partial charge in [0.2, 0.25) is 0 Å². The molecular formula is C6H8N2O3S2. The summed E-state index contributed by atoms with van der Waals surface area (Å²) in [6, 6.07) is 2.28. The predicted octanol–water partition coefficient (Wildman–Crippen LogP) is 0.366. The second-order valence-electron chi connectivity index (χ2n) is 2.12. The molecule has 0 radical (unpaired) electrons. The van der Waals surface area contributed by atoms with Crippen LogP contribution < -0.4 is 10.0 Å². The molecule has 1 aromatic rings. The van der Waals surface area contributed by atoms with Crippen LogP contribution in [0.25, 0.3) is 0 Å². The molecule has 1 aromatic heterocycles. The molecule has 1 heterocycles. The van der Waals surface area contributed by atoms with Gasteiger partial charge in [-0.05, 0) is 11.4 Å². The first-order valence-electron chi connectivity index (χ1n) is 3.34. The SMILES string of the molecule is CNC(=O)NS(=O)(=O)c1cccs1. The first kappa shape index (κ1) is 10.0. The maximum atomic E-state index is 11.3. The smallest absolute Gasteiger partial charge is 0.328 e. The van der Waals surface area contributed by atoms with E-state index in [9.17, 15) is 13.2 Å². The molecule has 0 aliphatic heterocycles. The van der Waals surface area contributed by atoms with Gasteiger partial charge in [0.15, 0.2) is 0 Å². The normalized spacial score (nSPS) is 10.8. The summed E-state index contributed by atoms with van der Waals surface area (Å²) in [7, 11) is -2.33. The highest BCUT2D eigenvalue weighted by molar-refractivity contribution is 7.92. The highest BCUT2D eigenvalue weighted by Gasteiger charge is 2.16. The van der Waals surface area contributed by atoms with Gasteiger partial charge in [0, 0.05) is 7.05 Å². The minimum absolute atomic E-state index is 0.121. The van der Waals surface area contributed by atoms with E-state index in [-0.39, 0.29) is 4.21 Å². The summed E-state index contributed by atoms with van der Waals surface area (Å²) in [5, 5.41) is 3.78. The Morgan fingerprint density at radius 1 is 1.54 bits per heavy atom. The largest absolute Gasteiger partial charge is 0.340 e. The van der Waals surface area contributed by atoms with Crippen molar-refractivity contribution < 1.29 is 13.2 Å². The summed E-state index contributed by atoms with van der Waals surface area (Å²) < 4.78 is 24.6. The lowest BCUT2D eigenvalue weighted by atomic mass is 10.7. The van der Waals surface area contributed by atoms with Crippen LogP contribution in [0, 0.1) is 0 Å². The van der Waals surface area contributed by atoms with Crippen LogP contribution in [-0.2, 0) is 10.0 Å². The van der Waals surface area contributed by atoms with Crippen molar-refractivity contribution in [3.63, 3.8) is 0 Å². The Hall–Kier alpha value is -1.08. The second-order valence-corrected chi connectivity index (χ2v) is 4.97. The van der Waals surface area contributed by atoms with Gasteiger partial charge in [-0.15, -0.1) is 11.3 Å². The Morgan fingerprint density at radius 2 is 2.23 bits per heavy atom. The number of sulfonamides is 1. The Balaban J connectivity index is 2.86. The average molecular weight is 220 g/mol. The third kappa shape index (κ3) is 2.43. The lowest BCUT2D eigenvalue weighted by Crippen LogP contribution is -2.36. The van der Waals surface area contributed by atoms with E-state index in [2.05, 4.69) is 5.32 Å². The van der Waals surface area contributed by atoms with E-state index in [0.717, 1.165) is 11.3 Å². The number of thiophene rings is 1. The molecule has 1 rings (SSSR count). The van der Waals surface area contributed by atoms with Crippen LogP contribution in [0.5, 0.6) is 0 Å². The minimum atomic E-state index is -3.67. The third-order valence-corrected chi connectivity index (χ3v) is 3.94. The first-order valence-corrected chi connectivity index (χ1v) is 5.70. The zero-order chi connectivity index (χ0) is 9.90. The van der Waals surface area contributed by atoms with Gasteiger partial charge in [0.25, 0.3) is 10.0 Å². The molecule has 0 fully saturated rings. The molecule has 13 heavy (non-hydrogen) atoms. The molecule has 5 nitrogen and oxygen atoms in total. The number of carbonyl (C=O) groups excluding carboxylic acids is 1. The number of hydrogen-bond donors (Lipinski definition) is 2. The summed E-state index contributed by atoms with van der Waals surface area (Å²) in [6.07, 6.45) is 0. The Bertz CT molecular complexity index is 382. The molecule has 0 unspecified atom stereocenters. The number of nitrogens with one attached hydrogen (secondary N) is 2. The second kappa shape index (κ2) is 3.75. The molecule has 0 saturated carbocycles. The maximum absolute atomic E-state index is 11.3. The molecule has 0 spiro atoms. The highest BCUT2D eigenvalue weighted by Crippen LogP contribution is 2.14. The first-order chi connectivity index (χ1) is 6.06. The van der Waals surface area contributed by atoms with E-state index in [4.69, 9.17) is 0 Å². The van der Waals surface area contributed by atoms with Crippen molar-refractivity contribution in [1.82, 2.24) is 10.0 Å². The fraction of sp³-hybridized carbons (Fsp3) is 0.167. The van der Waals surface area contributed by atoms with Gasteiger partial charge in [-0.1, -0.05) is 6.07 Å². The fourth-order valence-electron chi connectivity index (χ4n) is 0.640. The standard InChI is InChI=1S/C6H8N2O3S2/c1-7-6(9)8-13(10,11)5-3-2-4-12-5/h2-4H,1H3,(H2,7,8,9). The zero-order valence-corrected chi connectivity index (χ0v) is 8.41. The maximum Gasteiger partial charge on any atom is 0.328 e. The van der Waals surface area contributed by atoms with Crippen molar-refractivity contribution in [1.29, 1.82) is 0 Å². The van der Waals surface area contributed by atoms with Crippen molar-refractivity contribution in [3.05, 3.63) is 17.5 Å². The Labute approximate surface area is 79.8 Å². The molecule has 0 atom stereocenters. The summed E-state index contributed by atoms with van der Waals surface area (Å²) in [4.78, 5) is 10.7. The number of hydrogen-bond acceptors (Lipinski definition) is 4. The van der Waals surface area contributed by atoms with Crippen molar-refractivity contribution in [2.75, 3.05) is 7.05 Å². The summed E-state index contributed by atoms with van der Waals surface area (Å²) >= 11 is 1.05. The van der Waals surface area contributed by atoms with Gasteiger partial charge in [-0.2, -0.15) is 0 Å². The van der Waals surface area contributed by atoms with E-state index in [1.165, 1.54) is 13.1 Å². The van der Waals surface area contributed by atoms with Crippen LogP contribution in [0.1, 0.15) is 0 Å². The van der Waals surface area contributed by atoms with Crippen LogP contribution in [0.4, 0.5) is 4.79 Å². The van der Waals surface area contributed by atoms with E-state index in [1.807, 2.05) is 4.72 Å². The predicted molar refractivity (Wildman–Crippen MR) is 49.1 cm³/mol. The molecular weight excluding hydrogens is 212 g/mol. The van der Waals surface area contributed by atoms with Gasteiger partial charge < -0.3 is 5.32 Å². The molecule has 72 valence electrons. The number of carbonyl (C=O) groups is 1. The van der Waals surface area contributed by atoms with Crippen LogP contribution in [-0.4, -0.2) is 21.5 Å². The van der Waals surface area contributed by atoms with Crippen LogP contribution in [0.15, 0.2) is 21.7 Å². The Morgan fingerprint density at radius 3 is 2.69 bits per heavy atom. The van der Waals surface area contributed by atoms with Crippen molar-refractivity contribution >= 4 is 27.4 Å². The van der Waals surface area contributed by atoms with Crippen LogP contribution >= 0.6 is 11.3 Å². The highest BCUT2D eigenvalue weighted by atomic mass is 32.2. The minimum Gasteiger partial charge on any atom is -0.340 e. The molecule has 0 bridgehead atoms. The fourth-order valence-corrected chi connectivity index (χ4v) is 2.59. The Kier molecular flexibility index (Phi) is 2.89. The van der Waals surface area contributed by atoms with Gasteiger partial charge >= 0.3 is 6.03 Å². The summed E-state index contributed by atoms with van der Waals surface area (Å²) in [6.45, 7) is 0.